The monoisotopic (exact) mass is 191 g/mol. The average Bonchev–Trinajstić information content (AvgIpc) is 2.01. The summed E-state index contributed by atoms with van der Waals surface area (Å²) in [7, 11) is 0. The molecule has 0 atom stereocenters. The molecule has 0 spiro atoms. The van der Waals surface area contributed by atoms with Crippen LogP contribution in [0.1, 0.15) is 34.0 Å². The van der Waals surface area contributed by atoms with E-state index in [1.165, 1.54) is 5.56 Å². The molecule has 0 fully saturated rings. The van der Waals surface area contributed by atoms with Crippen LogP contribution in [0.5, 0.6) is 0 Å². The van der Waals surface area contributed by atoms with Gasteiger partial charge in [0, 0.05) is 12.1 Å². The molecule has 0 aliphatic carbocycles. The molecule has 2 nitrogen and oxygen atoms in total. The summed E-state index contributed by atoms with van der Waals surface area (Å²) in [4.78, 5) is 11.7. The van der Waals surface area contributed by atoms with Gasteiger partial charge in [-0.2, -0.15) is 0 Å². The van der Waals surface area contributed by atoms with Gasteiger partial charge in [0.05, 0.1) is 0 Å². The van der Waals surface area contributed by atoms with Crippen LogP contribution in [-0.2, 0) is 0 Å². The molecule has 0 heterocycles. The lowest BCUT2D eigenvalue weighted by atomic mass is 9.99. The number of carbonyl (C=O) groups excluding carboxylic acids is 1. The number of hydrogen-bond acceptors (Lipinski definition) is 1. The van der Waals surface area contributed by atoms with Crippen molar-refractivity contribution in [2.75, 3.05) is 6.54 Å². The molecular formula is C12H17NO. The van der Waals surface area contributed by atoms with Gasteiger partial charge in [-0.1, -0.05) is 17.7 Å². The van der Waals surface area contributed by atoms with Gasteiger partial charge in [-0.05, 0) is 38.8 Å². The Morgan fingerprint density at radius 3 is 2.14 bits per heavy atom. The summed E-state index contributed by atoms with van der Waals surface area (Å²) in [6, 6.07) is 4.08. The van der Waals surface area contributed by atoms with Gasteiger partial charge in [0.25, 0.3) is 5.91 Å². The van der Waals surface area contributed by atoms with Gasteiger partial charge in [0.2, 0.25) is 0 Å². The van der Waals surface area contributed by atoms with E-state index in [-0.39, 0.29) is 5.91 Å². The zero-order valence-electron chi connectivity index (χ0n) is 9.27. The van der Waals surface area contributed by atoms with Crippen LogP contribution < -0.4 is 5.32 Å². The summed E-state index contributed by atoms with van der Waals surface area (Å²) < 4.78 is 0. The Labute approximate surface area is 85.3 Å². The van der Waals surface area contributed by atoms with E-state index in [0.717, 1.165) is 16.7 Å². The molecule has 0 saturated carbocycles. The van der Waals surface area contributed by atoms with E-state index in [2.05, 4.69) is 5.32 Å². The molecule has 1 rings (SSSR count). The topological polar surface area (TPSA) is 29.1 Å². The summed E-state index contributed by atoms with van der Waals surface area (Å²) in [5, 5.41) is 2.82. The predicted molar refractivity (Wildman–Crippen MR) is 58.7 cm³/mol. The Morgan fingerprint density at radius 1 is 1.21 bits per heavy atom. The van der Waals surface area contributed by atoms with Crippen LogP contribution >= 0.6 is 0 Å². The lowest BCUT2D eigenvalue weighted by molar-refractivity contribution is 0.0954. The molecule has 1 aromatic rings. The Morgan fingerprint density at radius 2 is 1.71 bits per heavy atom. The first-order chi connectivity index (χ1) is 6.56. The molecule has 1 aromatic carbocycles. The maximum atomic E-state index is 11.7. The fourth-order valence-corrected chi connectivity index (χ4v) is 1.79. The first-order valence-corrected chi connectivity index (χ1v) is 4.92. The Bertz CT molecular complexity index is 332. The highest BCUT2D eigenvalue weighted by Crippen LogP contribution is 2.15. The van der Waals surface area contributed by atoms with Crippen LogP contribution in [0, 0.1) is 20.8 Å². The first kappa shape index (κ1) is 10.8. The molecule has 0 aromatic heterocycles. The Balaban J connectivity index is 3.14. The normalized spacial score (nSPS) is 10.0. The standard InChI is InChI=1S/C12H17NO/c1-5-13-12(14)11-9(3)6-8(2)7-10(11)4/h6-7H,5H2,1-4H3,(H,13,14). The lowest BCUT2D eigenvalue weighted by Crippen LogP contribution is -2.24. The van der Waals surface area contributed by atoms with Gasteiger partial charge >= 0.3 is 0 Å². The fourth-order valence-electron chi connectivity index (χ4n) is 1.79. The van der Waals surface area contributed by atoms with E-state index in [1.54, 1.807) is 0 Å². The third-order valence-corrected chi connectivity index (χ3v) is 2.24. The third-order valence-electron chi connectivity index (χ3n) is 2.24. The molecule has 0 bridgehead atoms. The Hall–Kier alpha value is -1.31. The predicted octanol–water partition coefficient (Wildman–Crippen LogP) is 2.36. The maximum Gasteiger partial charge on any atom is 0.251 e. The van der Waals surface area contributed by atoms with Crippen molar-refractivity contribution in [3.63, 3.8) is 0 Å². The quantitative estimate of drug-likeness (QED) is 0.764. The molecule has 1 amide bonds. The molecule has 0 aliphatic heterocycles. The van der Waals surface area contributed by atoms with Crippen molar-refractivity contribution in [1.29, 1.82) is 0 Å². The molecule has 14 heavy (non-hydrogen) atoms. The smallest absolute Gasteiger partial charge is 0.251 e. The Kier molecular flexibility index (Phi) is 3.28. The second kappa shape index (κ2) is 4.27. The van der Waals surface area contributed by atoms with Gasteiger partial charge in [-0.15, -0.1) is 0 Å². The van der Waals surface area contributed by atoms with E-state index in [0.29, 0.717) is 6.54 Å². The average molecular weight is 191 g/mol. The van der Waals surface area contributed by atoms with E-state index >= 15 is 0 Å². The molecule has 2 heteroatoms. The minimum absolute atomic E-state index is 0.0301. The van der Waals surface area contributed by atoms with E-state index in [9.17, 15) is 4.79 Å². The van der Waals surface area contributed by atoms with Crippen LogP contribution in [0.3, 0.4) is 0 Å². The second-order valence-electron chi connectivity index (χ2n) is 3.63. The van der Waals surface area contributed by atoms with Crippen molar-refractivity contribution in [3.05, 3.63) is 34.4 Å². The summed E-state index contributed by atoms with van der Waals surface area (Å²) >= 11 is 0. The van der Waals surface area contributed by atoms with Gasteiger partial charge in [-0.25, -0.2) is 0 Å². The third kappa shape index (κ3) is 2.13. The second-order valence-corrected chi connectivity index (χ2v) is 3.63. The van der Waals surface area contributed by atoms with Crippen LogP contribution in [0.15, 0.2) is 12.1 Å². The van der Waals surface area contributed by atoms with Crippen LogP contribution in [-0.4, -0.2) is 12.5 Å². The molecule has 1 N–H and O–H groups in total. The molecular weight excluding hydrogens is 174 g/mol. The summed E-state index contributed by atoms with van der Waals surface area (Å²) in [5.41, 5.74) is 4.12. The number of amides is 1. The number of nitrogens with one attached hydrogen (secondary N) is 1. The van der Waals surface area contributed by atoms with Crippen molar-refractivity contribution >= 4 is 5.91 Å². The highest BCUT2D eigenvalue weighted by atomic mass is 16.1. The van der Waals surface area contributed by atoms with Crippen molar-refractivity contribution in [2.24, 2.45) is 0 Å². The number of benzene rings is 1. The van der Waals surface area contributed by atoms with Gasteiger partial charge in [-0.3, -0.25) is 4.79 Å². The summed E-state index contributed by atoms with van der Waals surface area (Å²) in [6.07, 6.45) is 0. The van der Waals surface area contributed by atoms with Crippen LogP contribution in [0.4, 0.5) is 0 Å². The zero-order valence-corrected chi connectivity index (χ0v) is 9.27. The number of carbonyl (C=O) groups is 1. The maximum absolute atomic E-state index is 11.7. The van der Waals surface area contributed by atoms with Crippen molar-refractivity contribution in [3.8, 4) is 0 Å². The van der Waals surface area contributed by atoms with Crippen molar-refractivity contribution in [1.82, 2.24) is 5.32 Å². The van der Waals surface area contributed by atoms with Crippen LogP contribution in [0.2, 0.25) is 0 Å². The minimum Gasteiger partial charge on any atom is -0.352 e. The number of rotatable bonds is 2. The zero-order chi connectivity index (χ0) is 10.7. The molecule has 0 saturated heterocycles. The molecule has 76 valence electrons. The van der Waals surface area contributed by atoms with Crippen molar-refractivity contribution in [2.45, 2.75) is 27.7 Å². The highest BCUT2D eigenvalue weighted by Gasteiger charge is 2.10. The molecule has 0 unspecified atom stereocenters. The van der Waals surface area contributed by atoms with Gasteiger partial charge < -0.3 is 5.32 Å². The molecule has 0 aliphatic rings. The number of hydrogen-bond donors (Lipinski definition) is 1. The largest absolute Gasteiger partial charge is 0.352 e. The summed E-state index contributed by atoms with van der Waals surface area (Å²) in [5.74, 6) is 0.0301. The SMILES string of the molecule is CCNC(=O)c1c(C)cc(C)cc1C. The first-order valence-electron chi connectivity index (χ1n) is 4.92. The van der Waals surface area contributed by atoms with Crippen molar-refractivity contribution < 1.29 is 4.79 Å². The van der Waals surface area contributed by atoms with Gasteiger partial charge in [0.15, 0.2) is 0 Å². The van der Waals surface area contributed by atoms with E-state index in [4.69, 9.17) is 0 Å². The van der Waals surface area contributed by atoms with E-state index in [1.807, 2.05) is 39.8 Å². The fraction of sp³-hybridized carbons (Fsp3) is 0.417. The minimum atomic E-state index is 0.0301. The number of aryl methyl sites for hydroxylation is 3. The summed E-state index contributed by atoms with van der Waals surface area (Å²) in [6.45, 7) is 8.60. The van der Waals surface area contributed by atoms with Crippen LogP contribution in [0.25, 0.3) is 0 Å². The lowest BCUT2D eigenvalue weighted by Gasteiger charge is -2.10. The molecule has 0 radical (unpaired) electrons. The van der Waals surface area contributed by atoms with E-state index < -0.39 is 0 Å². The highest BCUT2D eigenvalue weighted by molar-refractivity contribution is 5.97. The van der Waals surface area contributed by atoms with Gasteiger partial charge in [0.1, 0.15) is 0 Å².